The van der Waals surface area contributed by atoms with Gasteiger partial charge in [0.05, 0.1) is 5.92 Å². The van der Waals surface area contributed by atoms with Crippen molar-refractivity contribution >= 4 is 17.3 Å². The Kier molecular flexibility index (Phi) is 5.78. The van der Waals surface area contributed by atoms with Crippen LogP contribution in [0.3, 0.4) is 0 Å². The van der Waals surface area contributed by atoms with Crippen LogP contribution in [-0.2, 0) is 4.79 Å². The number of nitrogens with two attached hydrogens (primary N) is 1. The quantitative estimate of drug-likeness (QED) is 0.876. The van der Waals surface area contributed by atoms with Crippen LogP contribution in [0.4, 0.5) is 11.4 Å². The Hall–Kier alpha value is -1.55. The van der Waals surface area contributed by atoms with Crippen molar-refractivity contribution in [2.75, 3.05) is 30.9 Å². The zero-order valence-electron chi connectivity index (χ0n) is 14.2. The third-order valence-corrected chi connectivity index (χ3v) is 3.47. The van der Waals surface area contributed by atoms with E-state index in [0.717, 1.165) is 17.8 Å². The molecule has 0 saturated heterocycles. The van der Waals surface area contributed by atoms with E-state index in [4.69, 9.17) is 5.73 Å². The molecule has 1 atom stereocenters. The number of carbonyl (C=O) groups excluding carboxylic acids is 1. The minimum Gasteiger partial charge on any atom is -0.377 e. The van der Waals surface area contributed by atoms with Gasteiger partial charge in [-0.2, -0.15) is 0 Å². The lowest BCUT2D eigenvalue weighted by Crippen LogP contribution is -2.32. The molecule has 4 heteroatoms. The Bertz CT molecular complexity index is 489. The summed E-state index contributed by atoms with van der Waals surface area (Å²) in [5.74, 6) is -0.157. The first kappa shape index (κ1) is 17.5. The van der Waals surface area contributed by atoms with Crippen molar-refractivity contribution in [2.45, 2.75) is 34.1 Å². The first-order valence-corrected chi connectivity index (χ1v) is 7.43. The summed E-state index contributed by atoms with van der Waals surface area (Å²) < 4.78 is 0. The lowest BCUT2D eigenvalue weighted by atomic mass is 9.84. The summed E-state index contributed by atoms with van der Waals surface area (Å²) in [6.45, 7) is 8.80. The molecule has 0 saturated carbocycles. The summed E-state index contributed by atoms with van der Waals surface area (Å²) in [7, 11) is 3.99. The summed E-state index contributed by atoms with van der Waals surface area (Å²) in [6, 6.07) is 5.95. The van der Waals surface area contributed by atoms with Crippen molar-refractivity contribution in [3.8, 4) is 0 Å². The first-order chi connectivity index (χ1) is 9.64. The van der Waals surface area contributed by atoms with Crippen LogP contribution < -0.4 is 16.0 Å². The smallest absolute Gasteiger partial charge is 0.228 e. The molecule has 118 valence electrons. The van der Waals surface area contributed by atoms with E-state index in [2.05, 4.69) is 33.0 Å². The van der Waals surface area contributed by atoms with Crippen molar-refractivity contribution in [3.63, 3.8) is 0 Å². The van der Waals surface area contributed by atoms with Gasteiger partial charge in [-0.15, -0.1) is 0 Å². The Morgan fingerprint density at radius 3 is 2.43 bits per heavy atom. The van der Waals surface area contributed by atoms with Gasteiger partial charge in [-0.05, 0) is 36.5 Å². The largest absolute Gasteiger partial charge is 0.377 e. The molecule has 1 rings (SSSR count). The summed E-state index contributed by atoms with van der Waals surface area (Å²) in [4.78, 5) is 14.4. The van der Waals surface area contributed by atoms with Crippen LogP contribution in [0.2, 0.25) is 0 Å². The number of hydrogen-bond donors (Lipinski definition) is 2. The predicted octanol–water partition coefficient (Wildman–Crippen LogP) is 3.01. The number of anilines is 2. The minimum atomic E-state index is -0.158. The third-order valence-electron chi connectivity index (χ3n) is 3.47. The van der Waals surface area contributed by atoms with Gasteiger partial charge in [0.1, 0.15) is 0 Å². The molecule has 0 aliphatic heterocycles. The molecule has 0 fully saturated rings. The third kappa shape index (κ3) is 5.38. The summed E-state index contributed by atoms with van der Waals surface area (Å²) in [5, 5.41) is 2.99. The van der Waals surface area contributed by atoms with Crippen LogP contribution in [0.15, 0.2) is 18.2 Å². The normalized spacial score (nSPS) is 12.9. The fourth-order valence-corrected chi connectivity index (χ4v) is 2.44. The van der Waals surface area contributed by atoms with Crippen molar-refractivity contribution in [1.29, 1.82) is 0 Å². The second-order valence-corrected chi connectivity index (χ2v) is 7.08. The van der Waals surface area contributed by atoms with E-state index in [0.29, 0.717) is 6.54 Å². The van der Waals surface area contributed by atoms with Gasteiger partial charge in [0.2, 0.25) is 5.91 Å². The van der Waals surface area contributed by atoms with Crippen LogP contribution in [0, 0.1) is 18.3 Å². The summed E-state index contributed by atoms with van der Waals surface area (Å²) in [6.07, 6.45) is 0.779. The van der Waals surface area contributed by atoms with E-state index in [-0.39, 0.29) is 17.2 Å². The monoisotopic (exact) mass is 291 g/mol. The highest BCUT2D eigenvalue weighted by atomic mass is 16.1. The average Bonchev–Trinajstić information content (AvgIpc) is 2.36. The van der Waals surface area contributed by atoms with Crippen LogP contribution in [0.25, 0.3) is 0 Å². The van der Waals surface area contributed by atoms with Gasteiger partial charge in [-0.25, -0.2) is 0 Å². The maximum Gasteiger partial charge on any atom is 0.228 e. The lowest BCUT2D eigenvalue weighted by Gasteiger charge is -2.24. The molecule has 1 aromatic rings. The number of amides is 1. The van der Waals surface area contributed by atoms with Gasteiger partial charge < -0.3 is 16.0 Å². The second-order valence-electron chi connectivity index (χ2n) is 7.08. The number of benzene rings is 1. The highest BCUT2D eigenvalue weighted by Gasteiger charge is 2.23. The average molecular weight is 291 g/mol. The van der Waals surface area contributed by atoms with Crippen molar-refractivity contribution in [3.05, 3.63) is 23.8 Å². The van der Waals surface area contributed by atoms with Crippen LogP contribution in [-0.4, -0.2) is 26.5 Å². The molecule has 1 amide bonds. The van der Waals surface area contributed by atoms with Gasteiger partial charge >= 0.3 is 0 Å². The zero-order valence-corrected chi connectivity index (χ0v) is 14.2. The number of carbonyl (C=O) groups is 1. The Balaban J connectivity index is 2.85. The molecule has 21 heavy (non-hydrogen) atoms. The fraction of sp³-hybridized carbons (Fsp3) is 0.588. The fourth-order valence-electron chi connectivity index (χ4n) is 2.44. The predicted molar refractivity (Wildman–Crippen MR) is 90.8 cm³/mol. The molecule has 0 bridgehead atoms. The Morgan fingerprint density at radius 1 is 1.33 bits per heavy atom. The van der Waals surface area contributed by atoms with E-state index in [1.165, 1.54) is 5.56 Å². The van der Waals surface area contributed by atoms with Gasteiger partial charge in [-0.1, -0.05) is 26.8 Å². The molecule has 4 nitrogen and oxygen atoms in total. The van der Waals surface area contributed by atoms with Crippen molar-refractivity contribution < 1.29 is 4.79 Å². The van der Waals surface area contributed by atoms with E-state index in [1.54, 1.807) is 0 Å². The Morgan fingerprint density at radius 2 is 1.95 bits per heavy atom. The molecule has 1 unspecified atom stereocenters. The maximum absolute atomic E-state index is 12.4. The minimum absolute atomic E-state index is 0.000911. The molecule has 1 aromatic carbocycles. The Labute approximate surface area is 128 Å². The molecule has 0 aliphatic rings. The maximum atomic E-state index is 12.4. The molecular formula is C17H29N3O. The van der Waals surface area contributed by atoms with E-state index >= 15 is 0 Å². The number of nitrogens with zero attached hydrogens (tertiary/aromatic N) is 1. The first-order valence-electron chi connectivity index (χ1n) is 7.43. The molecule has 0 aromatic heterocycles. The number of rotatable bonds is 5. The van der Waals surface area contributed by atoms with Crippen LogP contribution in [0.5, 0.6) is 0 Å². The molecule has 3 N–H and O–H groups in total. The van der Waals surface area contributed by atoms with E-state index in [9.17, 15) is 4.79 Å². The molecule has 0 spiro atoms. The van der Waals surface area contributed by atoms with Crippen LogP contribution in [0.1, 0.15) is 32.8 Å². The van der Waals surface area contributed by atoms with Crippen LogP contribution >= 0.6 is 0 Å². The van der Waals surface area contributed by atoms with E-state index < -0.39 is 0 Å². The second kappa shape index (κ2) is 6.94. The topological polar surface area (TPSA) is 58.4 Å². The zero-order chi connectivity index (χ0) is 16.2. The molecular weight excluding hydrogens is 262 g/mol. The molecule has 0 heterocycles. The molecule has 0 aliphatic carbocycles. The van der Waals surface area contributed by atoms with Crippen molar-refractivity contribution in [1.82, 2.24) is 0 Å². The van der Waals surface area contributed by atoms with Gasteiger partial charge in [-0.3, -0.25) is 4.79 Å². The summed E-state index contributed by atoms with van der Waals surface area (Å²) >= 11 is 0. The number of hydrogen-bond acceptors (Lipinski definition) is 3. The highest BCUT2D eigenvalue weighted by Crippen LogP contribution is 2.26. The van der Waals surface area contributed by atoms with Gasteiger partial charge in [0.15, 0.2) is 0 Å². The molecule has 0 radical (unpaired) electrons. The van der Waals surface area contributed by atoms with Gasteiger partial charge in [0, 0.05) is 32.0 Å². The SMILES string of the molecule is Cc1ccc(NC(=O)C(CN)CC(C)(C)C)cc1N(C)C. The highest BCUT2D eigenvalue weighted by molar-refractivity contribution is 5.93. The van der Waals surface area contributed by atoms with Gasteiger partial charge in [0.25, 0.3) is 0 Å². The van der Waals surface area contributed by atoms with Crippen molar-refractivity contribution in [2.24, 2.45) is 17.1 Å². The lowest BCUT2D eigenvalue weighted by molar-refractivity contribution is -0.120. The summed E-state index contributed by atoms with van der Waals surface area (Å²) in [5.41, 5.74) is 8.96. The van der Waals surface area contributed by atoms with E-state index in [1.807, 2.05) is 37.2 Å². The number of nitrogens with one attached hydrogen (secondary N) is 1. The number of aryl methyl sites for hydroxylation is 1. The standard InChI is InChI=1S/C17H29N3O/c1-12-7-8-14(9-15(12)20(5)6)19-16(21)13(11-18)10-17(2,3)4/h7-9,13H,10-11,18H2,1-6H3,(H,19,21).